The van der Waals surface area contributed by atoms with Gasteiger partial charge < -0.3 is 9.67 Å². The van der Waals surface area contributed by atoms with E-state index in [1.165, 1.54) is 12.1 Å². The fourth-order valence-corrected chi connectivity index (χ4v) is 1.77. The molecule has 0 saturated carbocycles. The maximum Gasteiger partial charge on any atom is 0.158 e. The Kier molecular flexibility index (Phi) is 3.49. The summed E-state index contributed by atoms with van der Waals surface area (Å²) in [4.78, 5) is 0. The molecule has 2 rings (SSSR count). The molecule has 5 heteroatoms. The van der Waals surface area contributed by atoms with E-state index in [1.54, 1.807) is 12.1 Å². The van der Waals surface area contributed by atoms with Crippen LogP contribution in [0.1, 0.15) is 24.1 Å². The Balaban J connectivity index is 2.23. The largest absolute Gasteiger partial charge is 0.388 e. The van der Waals surface area contributed by atoms with Gasteiger partial charge in [0.05, 0.1) is 0 Å². The third-order valence-electron chi connectivity index (χ3n) is 2.64. The van der Waals surface area contributed by atoms with Gasteiger partial charge >= 0.3 is 0 Å². The van der Waals surface area contributed by atoms with E-state index in [0.717, 1.165) is 11.4 Å². The SMILES string of the molecule is CCn1c(CO)nnc1Cc1ccc(F)cc1. The van der Waals surface area contributed by atoms with Crippen molar-refractivity contribution in [3.05, 3.63) is 47.3 Å². The first-order chi connectivity index (χ1) is 8.24. The van der Waals surface area contributed by atoms with E-state index in [-0.39, 0.29) is 12.4 Å². The second-order valence-electron chi connectivity index (χ2n) is 3.74. The van der Waals surface area contributed by atoms with Gasteiger partial charge in [0.2, 0.25) is 0 Å². The summed E-state index contributed by atoms with van der Waals surface area (Å²) in [5, 5.41) is 17.0. The summed E-state index contributed by atoms with van der Waals surface area (Å²) in [5.41, 5.74) is 0.970. The number of hydrogen-bond donors (Lipinski definition) is 1. The lowest BCUT2D eigenvalue weighted by Gasteiger charge is -2.06. The monoisotopic (exact) mass is 235 g/mol. The van der Waals surface area contributed by atoms with Crippen LogP contribution < -0.4 is 0 Å². The Bertz CT molecular complexity index is 493. The molecule has 0 aliphatic carbocycles. The van der Waals surface area contributed by atoms with Gasteiger partial charge in [0.1, 0.15) is 18.2 Å². The van der Waals surface area contributed by atoms with Gasteiger partial charge in [0.25, 0.3) is 0 Å². The number of nitrogens with zero attached hydrogens (tertiary/aromatic N) is 3. The quantitative estimate of drug-likeness (QED) is 0.874. The summed E-state index contributed by atoms with van der Waals surface area (Å²) in [5.74, 6) is 1.09. The molecule has 0 spiro atoms. The van der Waals surface area contributed by atoms with Gasteiger partial charge in [-0.15, -0.1) is 10.2 Å². The maximum atomic E-state index is 12.8. The van der Waals surface area contributed by atoms with Crippen LogP contribution in [0.5, 0.6) is 0 Å². The van der Waals surface area contributed by atoms with Gasteiger partial charge in [-0.3, -0.25) is 0 Å². The van der Waals surface area contributed by atoms with Crippen LogP contribution in [0.4, 0.5) is 4.39 Å². The zero-order valence-electron chi connectivity index (χ0n) is 9.60. The van der Waals surface area contributed by atoms with Crippen molar-refractivity contribution in [2.75, 3.05) is 0 Å². The minimum Gasteiger partial charge on any atom is -0.388 e. The predicted molar refractivity (Wildman–Crippen MR) is 60.8 cm³/mol. The highest BCUT2D eigenvalue weighted by Crippen LogP contribution is 2.10. The highest BCUT2D eigenvalue weighted by molar-refractivity contribution is 5.20. The van der Waals surface area contributed by atoms with E-state index in [2.05, 4.69) is 10.2 Å². The first-order valence-corrected chi connectivity index (χ1v) is 5.50. The lowest BCUT2D eigenvalue weighted by atomic mass is 10.1. The lowest BCUT2D eigenvalue weighted by Crippen LogP contribution is -2.06. The third-order valence-corrected chi connectivity index (χ3v) is 2.64. The molecule has 0 atom stereocenters. The molecule has 1 aromatic heterocycles. The van der Waals surface area contributed by atoms with Crippen LogP contribution in [0.25, 0.3) is 0 Å². The maximum absolute atomic E-state index is 12.8. The van der Waals surface area contributed by atoms with Crippen molar-refractivity contribution in [2.24, 2.45) is 0 Å². The Morgan fingerprint density at radius 3 is 2.41 bits per heavy atom. The summed E-state index contributed by atoms with van der Waals surface area (Å²) in [6.45, 7) is 2.56. The van der Waals surface area contributed by atoms with Crippen molar-refractivity contribution in [2.45, 2.75) is 26.5 Å². The van der Waals surface area contributed by atoms with Crippen LogP contribution in [0.15, 0.2) is 24.3 Å². The average molecular weight is 235 g/mol. The molecule has 0 bridgehead atoms. The normalized spacial score (nSPS) is 10.8. The van der Waals surface area contributed by atoms with Crippen molar-refractivity contribution in [3.63, 3.8) is 0 Å². The number of aliphatic hydroxyl groups excluding tert-OH is 1. The second-order valence-corrected chi connectivity index (χ2v) is 3.74. The Morgan fingerprint density at radius 1 is 1.18 bits per heavy atom. The first-order valence-electron chi connectivity index (χ1n) is 5.50. The molecule has 1 heterocycles. The zero-order chi connectivity index (χ0) is 12.3. The van der Waals surface area contributed by atoms with Crippen molar-refractivity contribution >= 4 is 0 Å². The topological polar surface area (TPSA) is 50.9 Å². The highest BCUT2D eigenvalue weighted by Gasteiger charge is 2.10. The van der Waals surface area contributed by atoms with Crippen LogP contribution in [0, 0.1) is 5.82 Å². The molecule has 0 aliphatic rings. The molecular weight excluding hydrogens is 221 g/mol. The summed E-state index contributed by atoms with van der Waals surface area (Å²) >= 11 is 0. The number of benzene rings is 1. The minimum atomic E-state index is -0.248. The van der Waals surface area contributed by atoms with E-state index in [9.17, 15) is 4.39 Å². The Morgan fingerprint density at radius 2 is 1.82 bits per heavy atom. The fourth-order valence-electron chi connectivity index (χ4n) is 1.77. The molecule has 4 nitrogen and oxygen atoms in total. The molecule has 0 aliphatic heterocycles. The highest BCUT2D eigenvalue weighted by atomic mass is 19.1. The molecule has 1 N–H and O–H groups in total. The molecule has 1 aromatic carbocycles. The van der Waals surface area contributed by atoms with E-state index >= 15 is 0 Å². The van der Waals surface area contributed by atoms with Crippen LogP contribution >= 0.6 is 0 Å². The van der Waals surface area contributed by atoms with Gasteiger partial charge in [-0.2, -0.15) is 0 Å². The first kappa shape index (κ1) is 11.7. The number of aliphatic hydroxyl groups is 1. The molecule has 17 heavy (non-hydrogen) atoms. The van der Waals surface area contributed by atoms with Crippen molar-refractivity contribution in [1.82, 2.24) is 14.8 Å². The molecule has 2 aromatic rings. The van der Waals surface area contributed by atoms with Crippen LogP contribution in [0.2, 0.25) is 0 Å². The molecule has 0 fully saturated rings. The average Bonchev–Trinajstić information content (AvgIpc) is 2.74. The van der Waals surface area contributed by atoms with Gasteiger partial charge in [-0.25, -0.2) is 4.39 Å². The summed E-state index contributed by atoms with van der Waals surface area (Å²) in [6, 6.07) is 6.30. The number of halogens is 1. The van der Waals surface area contributed by atoms with Crippen molar-refractivity contribution < 1.29 is 9.50 Å². The molecular formula is C12H14FN3O. The summed E-state index contributed by atoms with van der Waals surface area (Å²) in [7, 11) is 0. The fraction of sp³-hybridized carbons (Fsp3) is 0.333. The molecule has 0 amide bonds. The van der Waals surface area contributed by atoms with Crippen LogP contribution in [-0.4, -0.2) is 19.9 Å². The lowest BCUT2D eigenvalue weighted by molar-refractivity contribution is 0.264. The Labute approximate surface area is 98.7 Å². The molecule has 90 valence electrons. The van der Waals surface area contributed by atoms with Crippen LogP contribution in [-0.2, 0) is 19.6 Å². The van der Waals surface area contributed by atoms with Crippen molar-refractivity contribution in [1.29, 1.82) is 0 Å². The molecule has 0 saturated heterocycles. The zero-order valence-corrected chi connectivity index (χ0v) is 9.60. The van der Waals surface area contributed by atoms with Gasteiger partial charge in [0.15, 0.2) is 5.82 Å². The summed E-state index contributed by atoms with van der Waals surface area (Å²) < 4.78 is 14.6. The Hall–Kier alpha value is -1.75. The smallest absolute Gasteiger partial charge is 0.158 e. The van der Waals surface area contributed by atoms with E-state index in [1.807, 2.05) is 11.5 Å². The second kappa shape index (κ2) is 5.05. The van der Waals surface area contributed by atoms with Gasteiger partial charge in [-0.1, -0.05) is 12.1 Å². The van der Waals surface area contributed by atoms with Gasteiger partial charge in [0, 0.05) is 13.0 Å². The van der Waals surface area contributed by atoms with Crippen molar-refractivity contribution in [3.8, 4) is 0 Å². The third kappa shape index (κ3) is 2.50. The minimum absolute atomic E-state index is 0.121. The van der Waals surface area contributed by atoms with E-state index in [4.69, 9.17) is 5.11 Å². The molecule has 0 radical (unpaired) electrons. The predicted octanol–water partition coefficient (Wildman–Crippen LogP) is 1.52. The van der Waals surface area contributed by atoms with Gasteiger partial charge in [-0.05, 0) is 24.6 Å². The molecule has 0 unspecified atom stereocenters. The standard InChI is InChI=1S/C12H14FN3O/c1-2-16-11(14-15-12(16)8-17)7-9-3-5-10(13)6-4-9/h3-6,17H,2,7-8H2,1H3. The van der Waals surface area contributed by atoms with Crippen LogP contribution in [0.3, 0.4) is 0 Å². The number of hydrogen-bond acceptors (Lipinski definition) is 3. The number of aromatic nitrogens is 3. The number of rotatable bonds is 4. The van der Waals surface area contributed by atoms with E-state index < -0.39 is 0 Å². The van der Waals surface area contributed by atoms with E-state index in [0.29, 0.717) is 18.8 Å². The summed E-state index contributed by atoms with van der Waals surface area (Å²) in [6.07, 6.45) is 0.584.